The average Bonchev–Trinajstić information content (AvgIpc) is 2.53. The Balaban J connectivity index is 1.91. The maximum atomic E-state index is 12.6. The van der Waals surface area contributed by atoms with Crippen molar-refractivity contribution in [2.75, 3.05) is 26.2 Å². The predicted octanol–water partition coefficient (Wildman–Crippen LogP) is 1.25. The molecule has 1 N–H and O–H groups in total. The summed E-state index contributed by atoms with van der Waals surface area (Å²) in [6, 6.07) is 0. The second kappa shape index (κ2) is 7.25. The molecule has 120 valence electrons. The Morgan fingerprint density at radius 1 is 1.14 bits per heavy atom. The van der Waals surface area contributed by atoms with E-state index in [-0.39, 0.29) is 29.8 Å². The largest absolute Gasteiger partial charge is 0.393 e. The third-order valence-corrected chi connectivity index (χ3v) is 4.89. The van der Waals surface area contributed by atoms with Crippen LogP contribution in [-0.2, 0) is 9.59 Å². The van der Waals surface area contributed by atoms with Crippen molar-refractivity contribution >= 4 is 11.8 Å². The molecule has 0 aromatic carbocycles. The molecule has 0 aromatic heterocycles. The Bertz CT molecular complexity index is 378. The fourth-order valence-corrected chi connectivity index (χ4v) is 3.21. The smallest absolute Gasteiger partial charge is 0.227 e. The van der Waals surface area contributed by atoms with Crippen LogP contribution in [0.1, 0.15) is 46.0 Å². The zero-order valence-electron chi connectivity index (χ0n) is 13.3. The van der Waals surface area contributed by atoms with Crippen LogP contribution in [-0.4, -0.2) is 59.0 Å². The van der Waals surface area contributed by atoms with Crippen molar-refractivity contribution in [3.05, 3.63) is 0 Å². The van der Waals surface area contributed by atoms with E-state index < -0.39 is 0 Å². The summed E-state index contributed by atoms with van der Waals surface area (Å²) in [5.41, 5.74) is 0. The van der Waals surface area contributed by atoms with Gasteiger partial charge in [0.25, 0.3) is 0 Å². The highest BCUT2D eigenvalue weighted by molar-refractivity contribution is 5.82. The zero-order valence-corrected chi connectivity index (χ0v) is 13.3. The minimum atomic E-state index is -0.260. The third-order valence-electron chi connectivity index (χ3n) is 4.89. The van der Waals surface area contributed by atoms with Crippen molar-refractivity contribution in [2.24, 2.45) is 11.8 Å². The molecule has 0 aliphatic carbocycles. The molecule has 5 heteroatoms. The van der Waals surface area contributed by atoms with Gasteiger partial charge in [-0.3, -0.25) is 9.59 Å². The monoisotopic (exact) mass is 296 g/mol. The number of rotatable bonds is 3. The standard InChI is InChI=1S/C16H28N2O3/c1-3-12(2)15(20)18-8-4-5-13(11-18)16(21)17-9-6-14(19)7-10-17/h12-14,19H,3-11H2,1-2H3. The molecule has 2 amide bonds. The molecule has 0 aromatic rings. The van der Waals surface area contributed by atoms with Crippen LogP contribution in [0.5, 0.6) is 0 Å². The van der Waals surface area contributed by atoms with E-state index in [2.05, 4.69) is 0 Å². The number of hydrogen-bond acceptors (Lipinski definition) is 3. The summed E-state index contributed by atoms with van der Waals surface area (Å²) < 4.78 is 0. The van der Waals surface area contributed by atoms with E-state index in [0.29, 0.717) is 32.5 Å². The van der Waals surface area contributed by atoms with Crippen LogP contribution in [0.2, 0.25) is 0 Å². The Hall–Kier alpha value is -1.10. The maximum absolute atomic E-state index is 12.6. The van der Waals surface area contributed by atoms with E-state index >= 15 is 0 Å². The van der Waals surface area contributed by atoms with Gasteiger partial charge in [-0.2, -0.15) is 0 Å². The van der Waals surface area contributed by atoms with Crippen LogP contribution in [0.15, 0.2) is 0 Å². The summed E-state index contributed by atoms with van der Waals surface area (Å²) in [5.74, 6) is 0.346. The highest BCUT2D eigenvalue weighted by Gasteiger charge is 2.33. The molecule has 2 aliphatic heterocycles. The van der Waals surface area contributed by atoms with Crippen LogP contribution in [0.4, 0.5) is 0 Å². The molecule has 2 rings (SSSR count). The van der Waals surface area contributed by atoms with Gasteiger partial charge < -0.3 is 14.9 Å². The fraction of sp³-hybridized carbons (Fsp3) is 0.875. The molecular weight excluding hydrogens is 268 g/mol. The topological polar surface area (TPSA) is 60.9 Å². The molecule has 2 heterocycles. The molecule has 0 spiro atoms. The molecule has 2 unspecified atom stereocenters. The van der Waals surface area contributed by atoms with E-state index in [1.807, 2.05) is 23.6 Å². The van der Waals surface area contributed by atoms with E-state index in [4.69, 9.17) is 0 Å². The normalized spacial score (nSPS) is 25.8. The van der Waals surface area contributed by atoms with Crippen LogP contribution in [0, 0.1) is 11.8 Å². The number of likely N-dealkylation sites (tertiary alicyclic amines) is 2. The maximum Gasteiger partial charge on any atom is 0.227 e. The van der Waals surface area contributed by atoms with Crippen molar-refractivity contribution in [2.45, 2.75) is 52.1 Å². The minimum Gasteiger partial charge on any atom is -0.393 e. The summed E-state index contributed by atoms with van der Waals surface area (Å²) in [5, 5.41) is 9.53. The number of hydrogen-bond donors (Lipinski definition) is 1. The Morgan fingerprint density at radius 3 is 2.43 bits per heavy atom. The summed E-state index contributed by atoms with van der Waals surface area (Å²) >= 11 is 0. The van der Waals surface area contributed by atoms with Gasteiger partial charge in [-0.1, -0.05) is 13.8 Å². The first-order valence-electron chi connectivity index (χ1n) is 8.28. The lowest BCUT2D eigenvalue weighted by atomic mass is 9.94. The van der Waals surface area contributed by atoms with Crippen LogP contribution < -0.4 is 0 Å². The van der Waals surface area contributed by atoms with Crippen molar-refractivity contribution in [3.63, 3.8) is 0 Å². The van der Waals surface area contributed by atoms with Gasteiger partial charge in [0.15, 0.2) is 0 Å². The summed E-state index contributed by atoms with van der Waals surface area (Å²) in [6.45, 7) is 6.63. The first-order chi connectivity index (χ1) is 10.0. The highest BCUT2D eigenvalue weighted by Crippen LogP contribution is 2.23. The van der Waals surface area contributed by atoms with Crippen molar-refractivity contribution in [3.8, 4) is 0 Å². The molecule has 2 aliphatic rings. The molecule has 0 saturated carbocycles. The minimum absolute atomic E-state index is 0.0454. The molecule has 2 fully saturated rings. The quantitative estimate of drug-likeness (QED) is 0.853. The zero-order chi connectivity index (χ0) is 15.4. The second-order valence-electron chi connectivity index (χ2n) is 6.49. The number of piperidine rings is 2. The lowest BCUT2D eigenvalue weighted by molar-refractivity contribution is -0.143. The lowest BCUT2D eigenvalue weighted by Gasteiger charge is -2.37. The van der Waals surface area contributed by atoms with Crippen LogP contribution in [0.25, 0.3) is 0 Å². The summed E-state index contributed by atoms with van der Waals surface area (Å²) in [7, 11) is 0. The van der Waals surface area contributed by atoms with E-state index in [1.54, 1.807) is 0 Å². The Labute approximate surface area is 127 Å². The van der Waals surface area contributed by atoms with Crippen molar-refractivity contribution < 1.29 is 14.7 Å². The third kappa shape index (κ3) is 3.96. The van der Waals surface area contributed by atoms with Gasteiger partial charge in [0.2, 0.25) is 11.8 Å². The summed E-state index contributed by atoms with van der Waals surface area (Å²) in [4.78, 5) is 28.6. The fourth-order valence-electron chi connectivity index (χ4n) is 3.21. The van der Waals surface area contributed by atoms with Gasteiger partial charge in [-0.25, -0.2) is 0 Å². The SMILES string of the molecule is CCC(C)C(=O)N1CCCC(C(=O)N2CCC(O)CC2)C1. The van der Waals surface area contributed by atoms with Gasteiger partial charge in [0, 0.05) is 32.1 Å². The number of carbonyl (C=O) groups excluding carboxylic acids is 2. The Morgan fingerprint density at radius 2 is 1.81 bits per heavy atom. The van der Waals surface area contributed by atoms with E-state index in [1.165, 1.54) is 0 Å². The van der Waals surface area contributed by atoms with Gasteiger partial charge in [0.1, 0.15) is 0 Å². The number of aliphatic hydroxyl groups is 1. The molecule has 5 nitrogen and oxygen atoms in total. The lowest BCUT2D eigenvalue weighted by Crippen LogP contribution is -2.49. The first-order valence-corrected chi connectivity index (χ1v) is 8.28. The Kier molecular flexibility index (Phi) is 5.62. The van der Waals surface area contributed by atoms with Gasteiger partial charge in [-0.05, 0) is 32.1 Å². The van der Waals surface area contributed by atoms with E-state index in [9.17, 15) is 14.7 Å². The van der Waals surface area contributed by atoms with Crippen molar-refractivity contribution in [1.82, 2.24) is 9.80 Å². The molecule has 0 bridgehead atoms. The molecule has 2 saturated heterocycles. The van der Waals surface area contributed by atoms with Crippen molar-refractivity contribution in [1.29, 1.82) is 0 Å². The van der Waals surface area contributed by atoms with Crippen LogP contribution in [0.3, 0.4) is 0 Å². The summed E-state index contributed by atoms with van der Waals surface area (Å²) in [6.07, 6.45) is 3.72. The van der Waals surface area contributed by atoms with Gasteiger partial charge in [-0.15, -0.1) is 0 Å². The molecule has 21 heavy (non-hydrogen) atoms. The van der Waals surface area contributed by atoms with Gasteiger partial charge in [0.05, 0.1) is 12.0 Å². The van der Waals surface area contributed by atoms with Crippen LogP contribution >= 0.6 is 0 Å². The van der Waals surface area contributed by atoms with E-state index in [0.717, 1.165) is 25.8 Å². The number of nitrogens with zero attached hydrogens (tertiary/aromatic N) is 2. The molecule has 0 radical (unpaired) electrons. The average molecular weight is 296 g/mol. The first kappa shape index (κ1) is 16.3. The van der Waals surface area contributed by atoms with Gasteiger partial charge >= 0.3 is 0 Å². The second-order valence-corrected chi connectivity index (χ2v) is 6.49. The number of aliphatic hydroxyl groups excluding tert-OH is 1. The molecular formula is C16H28N2O3. The predicted molar refractivity (Wildman–Crippen MR) is 80.6 cm³/mol. The number of carbonyl (C=O) groups is 2. The highest BCUT2D eigenvalue weighted by atomic mass is 16.3. The number of amides is 2. The molecule has 2 atom stereocenters.